The smallest absolute Gasteiger partial charge is 0.339 e. The maximum atomic E-state index is 12.1. The Kier molecular flexibility index (Phi) is 5.28. The second kappa shape index (κ2) is 7.38. The van der Waals surface area contributed by atoms with E-state index in [-0.39, 0.29) is 11.3 Å². The van der Waals surface area contributed by atoms with Gasteiger partial charge >= 0.3 is 5.97 Å². The number of hydrogen-bond donors (Lipinski definition) is 1. The van der Waals surface area contributed by atoms with Gasteiger partial charge in [-0.1, -0.05) is 23.7 Å². The minimum atomic E-state index is -0.858. The number of benzene rings is 1. The van der Waals surface area contributed by atoms with Crippen molar-refractivity contribution in [3.05, 3.63) is 64.4 Å². The van der Waals surface area contributed by atoms with Crippen LogP contribution < -0.4 is 5.32 Å². The van der Waals surface area contributed by atoms with Crippen LogP contribution in [-0.4, -0.2) is 24.0 Å². The van der Waals surface area contributed by atoms with Crippen LogP contribution in [0.5, 0.6) is 0 Å². The Morgan fingerprint density at radius 3 is 2.70 bits per heavy atom. The molecule has 1 N–H and O–H groups in total. The summed E-state index contributed by atoms with van der Waals surface area (Å²) in [7, 11) is 1.26. The van der Waals surface area contributed by atoms with E-state index in [4.69, 9.17) is 11.6 Å². The van der Waals surface area contributed by atoms with Crippen LogP contribution in [-0.2, 0) is 4.74 Å². The van der Waals surface area contributed by atoms with Gasteiger partial charge in [0.25, 0.3) is 5.91 Å². The van der Waals surface area contributed by atoms with Crippen LogP contribution in [0.2, 0.25) is 5.02 Å². The van der Waals surface area contributed by atoms with Crippen LogP contribution >= 0.6 is 11.6 Å². The number of carbonyl (C=O) groups is 2. The number of carbonyl (C=O) groups excluding carboxylic acids is 2. The molecule has 2 rings (SSSR count). The number of amides is 1. The zero-order chi connectivity index (χ0) is 16.8. The number of esters is 1. The van der Waals surface area contributed by atoms with Gasteiger partial charge in [0, 0.05) is 11.2 Å². The lowest BCUT2D eigenvalue weighted by atomic mass is 10.1. The Labute approximate surface area is 137 Å². The summed E-state index contributed by atoms with van der Waals surface area (Å²) in [5.41, 5.74) is 0.884. The normalized spacial score (nSPS) is 11.2. The summed E-state index contributed by atoms with van der Waals surface area (Å²) >= 11 is 5.88. The number of rotatable bonds is 4. The van der Waals surface area contributed by atoms with Crippen LogP contribution in [0, 0.1) is 11.3 Å². The average Bonchev–Trinajstić information content (AvgIpc) is 2.58. The largest absolute Gasteiger partial charge is 0.465 e. The van der Waals surface area contributed by atoms with Gasteiger partial charge in [0.05, 0.1) is 18.7 Å². The van der Waals surface area contributed by atoms with Crippen molar-refractivity contribution in [1.82, 2.24) is 10.3 Å². The molecule has 23 heavy (non-hydrogen) atoms. The van der Waals surface area contributed by atoms with Gasteiger partial charge in [-0.2, -0.15) is 5.26 Å². The minimum Gasteiger partial charge on any atom is -0.465 e. The zero-order valence-electron chi connectivity index (χ0n) is 12.1. The summed E-state index contributed by atoms with van der Waals surface area (Å²) in [5, 5.41) is 12.2. The third kappa shape index (κ3) is 4.05. The van der Waals surface area contributed by atoms with E-state index in [2.05, 4.69) is 15.0 Å². The lowest BCUT2D eigenvalue weighted by molar-refractivity contribution is 0.0599. The predicted octanol–water partition coefficient (Wildman–Crippen LogP) is 2.52. The number of pyridine rings is 1. The van der Waals surface area contributed by atoms with Crippen LogP contribution in [0.15, 0.2) is 42.6 Å². The highest BCUT2D eigenvalue weighted by Gasteiger charge is 2.17. The van der Waals surface area contributed by atoms with Crippen molar-refractivity contribution in [2.24, 2.45) is 0 Å². The van der Waals surface area contributed by atoms with E-state index in [1.807, 2.05) is 6.07 Å². The number of nitriles is 1. The number of nitrogens with one attached hydrogen (secondary N) is 1. The molecular formula is C16H12ClN3O3. The highest BCUT2D eigenvalue weighted by atomic mass is 35.5. The fraction of sp³-hybridized carbons (Fsp3) is 0.125. The standard InChI is InChI=1S/C16H12ClN3O3/c1-23-16(22)11-5-6-13(19-9-11)15(21)20-14(8-18)10-3-2-4-12(17)7-10/h2-7,9,14H,1H3,(H,20,21). The molecule has 0 aliphatic carbocycles. The van der Waals surface area contributed by atoms with Crippen molar-refractivity contribution < 1.29 is 14.3 Å². The summed E-state index contributed by atoms with van der Waals surface area (Å²) in [6.45, 7) is 0. The van der Waals surface area contributed by atoms with Crippen LogP contribution in [0.4, 0.5) is 0 Å². The molecule has 2 aromatic rings. The molecule has 116 valence electrons. The molecule has 1 unspecified atom stereocenters. The summed E-state index contributed by atoms with van der Waals surface area (Å²) in [6, 6.07) is 10.6. The van der Waals surface area contributed by atoms with Gasteiger partial charge in [-0.25, -0.2) is 4.79 Å². The quantitative estimate of drug-likeness (QED) is 0.870. The van der Waals surface area contributed by atoms with Gasteiger partial charge in [0.1, 0.15) is 11.7 Å². The molecule has 1 atom stereocenters. The number of hydrogen-bond acceptors (Lipinski definition) is 5. The average molecular weight is 330 g/mol. The molecule has 0 aliphatic heterocycles. The van der Waals surface area contributed by atoms with Crippen LogP contribution in [0.25, 0.3) is 0 Å². The molecule has 1 aromatic carbocycles. The Morgan fingerprint density at radius 1 is 1.35 bits per heavy atom. The molecule has 0 radical (unpaired) electrons. The lowest BCUT2D eigenvalue weighted by Crippen LogP contribution is -2.28. The summed E-state index contributed by atoms with van der Waals surface area (Å²) < 4.78 is 4.55. The highest BCUT2D eigenvalue weighted by Crippen LogP contribution is 2.17. The second-order valence-corrected chi connectivity index (χ2v) is 4.95. The maximum Gasteiger partial charge on any atom is 0.339 e. The Hall–Kier alpha value is -2.91. The van der Waals surface area contributed by atoms with Crippen LogP contribution in [0.1, 0.15) is 32.5 Å². The van der Waals surface area contributed by atoms with E-state index < -0.39 is 17.9 Å². The molecule has 1 amide bonds. The van der Waals surface area contributed by atoms with Gasteiger partial charge in [-0.3, -0.25) is 9.78 Å². The van der Waals surface area contributed by atoms with E-state index >= 15 is 0 Å². The molecule has 0 aliphatic rings. The first-order chi connectivity index (χ1) is 11.0. The molecule has 0 spiro atoms. The fourth-order valence-corrected chi connectivity index (χ4v) is 2.05. The van der Waals surface area contributed by atoms with E-state index in [9.17, 15) is 14.9 Å². The lowest BCUT2D eigenvalue weighted by Gasteiger charge is -2.12. The first-order valence-corrected chi connectivity index (χ1v) is 6.93. The first kappa shape index (κ1) is 16.5. The van der Waals surface area contributed by atoms with Crippen molar-refractivity contribution >= 4 is 23.5 Å². The van der Waals surface area contributed by atoms with Gasteiger partial charge in [-0.15, -0.1) is 0 Å². The topological polar surface area (TPSA) is 92.1 Å². The highest BCUT2D eigenvalue weighted by molar-refractivity contribution is 6.30. The molecule has 1 aromatic heterocycles. The summed E-state index contributed by atoms with van der Waals surface area (Å²) in [4.78, 5) is 27.4. The van der Waals surface area contributed by atoms with Crippen molar-refractivity contribution in [2.45, 2.75) is 6.04 Å². The Bertz CT molecular complexity index is 769. The molecule has 1 heterocycles. The Balaban J connectivity index is 2.14. The van der Waals surface area contributed by atoms with Crippen molar-refractivity contribution in [3.63, 3.8) is 0 Å². The number of methoxy groups -OCH3 is 1. The van der Waals surface area contributed by atoms with Gasteiger partial charge < -0.3 is 10.1 Å². The van der Waals surface area contributed by atoms with E-state index in [1.54, 1.807) is 24.3 Å². The number of aromatic nitrogens is 1. The summed E-state index contributed by atoms with van der Waals surface area (Å²) in [6.07, 6.45) is 1.24. The molecule has 7 heteroatoms. The van der Waals surface area contributed by atoms with Gasteiger partial charge in [-0.05, 0) is 29.8 Å². The third-order valence-corrected chi connectivity index (χ3v) is 3.24. The number of nitrogens with zero attached hydrogens (tertiary/aromatic N) is 2. The summed E-state index contributed by atoms with van der Waals surface area (Å²) in [5.74, 6) is -1.08. The molecule has 0 saturated carbocycles. The van der Waals surface area contributed by atoms with E-state index in [0.29, 0.717) is 10.6 Å². The third-order valence-electron chi connectivity index (χ3n) is 3.00. The van der Waals surface area contributed by atoms with Crippen molar-refractivity contribution in [1.29, 1.82) is 5.26 Å². The van der Waals surface area contributed by atoms with Crippen molar-refractivity contribution in [2.75, 3.05) is 7.11 Å². The molecule has 0 saturated heterocycles. The number of ether oxygens (including phenoxy) is 1. The van der Waals surface area contributed by atoms with Gasteiger partial charge in [0.2, 0.25) is 0 Å². The van der Waals surface area contributed by atoms with E-state index in [1.165, 1.54) is 25.4 Å². The second-order valence-electron chi connectivity index (χ2n) is 4.51. The van der Waals surface area contributed by atoms with E-state index in [0.717, 1.165) is 0 Å². The molecule has 0 bridgehead atoms. The number of halogens is 1. The zero-order valence-corrected chi connectivity index (χ0v) is 12.9. The first-order valence-electron chi connectivity index (χ1n) is 6.55. The monoisotopic (exact) mass is 329 g/mol. The molecule has 0 fully saturated rings. The molecule has 6 nitrogen and oxygen atoms in total. The maximum absolute atomic E-state index is 12.1. The molecular weight excluding hydrogens is 318 g/mol. The van der Waals surface area contributed by atoms with Gasteiger partial charge in [0.15, 0.2) is 0 Å². The Morgan fingerprint density at radius 2 is 2.13 bits per heavy atom. The minimum absolute atomic E-state index is 0.0833. The SMILES string of the molecule is COC(=O)c1ccc(C(=O)NC(C#N)c2cccc(Cl)c2)nc1. The van der Waals surface area contributed by atoms with Crippen molar-refractivity contribution in [3.8, 4) is 6.07 Å². The fourth-order valence-electron chi connectivity index (χ4n) is 1.85. The van der Waals surface area contributed by atoms with Crippen LogP contribution in [0.3, 0.4) is 0 Å². The predicted molar refractivity (Wildman–Crippen MR) is 82.8 cm³/mol.